The van der Waals surface area contributed by atoms with E-state index in [1.54, 1.807) is 0 Å². The van der Waals surface area contributed by atoms with Crippen LogP contribution in [0.2, 0.25) is 0 Å². The molecular formula is C10H11ClO3. The predicted molar refractivity (Wildman–Crippen MR) is 52.9 cm³/mol. The minimum Gasteiger partial charge on any atom is -0.454 e. The van der Waals surface area contributed by atoms with E-state index in [4.69, 9.17) is 25.8 Å². The van der Waals surface area contributed by atoms with Gasteiger partial charge in [0.05, 0.1) is 13.2 Å². The lowest BCUT2D eigenvalue weighted by Gasteiger charge is -2.03. The highest BCUT2D eigenvalue weighted by molar-refractivity contribution is 6.17. The molecule has 0 radical (unpaired) electrons. The zero-order chi connectivity index (χ0) is 9.80. The second-order valence-corrected chi connectivity index (χ2v) is 3.31. The van der Waals surface area contributed by atoms with E-state index in [9.17, 15) is 0 Å². The molecule has 1 aromatic carbocycles. The van der Waals surface area contributed by atoms with Crippen molar-refractivity contribution in [2.45, 2.75) is 6.61 Å². The van der Waals surface area contributed by atoms with Gasteiger partial charge in [0, 0.05) is 5.88 Å². The Labute approximate surface area is 87.5 Å². The Balaban J connectivity index is 1.98. The first-order valence-electron chi connectivity index (χ1n) is 4.42. The van der Waals surface area contributed by atoms with E-state index < -0.39 is 0 Å². The van der Waals surface area contributed by atoms with Gasteiger partial charge < -0.3 is 14.2 Å². The molecule has 0 aliphatic carbocycles. The van der Waals surface area contributed by atoms with Crippen LogP contribution in [0.15, 0.2) is 18.2 Å². The third-order valence-corrected chi connectivity index (χ3v) is 2.08. The first kappa shape index (κ1) is 9.62. The number of alkyl halides is 1. The third kappa shape index (κ3) is 2.11. The van der Waals surface area contributed by atoms with Gasteiger partial charge in [0.2, 0.25) is 6.79 Å². The Bertz CT molecular complexity index is 314. The molecule has 2 rings (SSSR count). The first-order chi connectivity index (χ1) is 6.90. The van der Waals surface area contributed by atoms with Gasteiger partial charge >= 0.3 is 0 Å². The molecule has 1 aromatic rings. The van der Waals surface area contributed by atoms with E-state index in [0.29, 0.717) is 25.9 Å². The molecule has 0 aromatic heterocycles. The highest BCUT2D eigenvalue weighted by Gasteiger charge is 2.12. The largest absolute Gasteiger partial charge is 0.454 e. The highest BCUT2D eigenvalue weighted by atomic mass is 35.5. The second kappa shape index (κ2) is 4.53. The van der Waals surface area contributed by atoms with Crippen LogP contribution in [0.3, 0.4) is 0 Å². The summed E-state index contributed by atoms with van der Waals surface area (Å²) in [6, 6.07) is 5.78. The molecule has 1 aliphatic rings. The molecule has 1 aliphatic heterocycles. The number of halogens is 1. The lowest BCUT2D eigenvalue weighted by atomic mass is 10.2. The van der Waals surface area contributed by atoms with Gasteiger partial charge in [-0.25, -0.2) is 0 Å². The zero-order valence-corrected chi connectivity index (χ0v) is 8.42. The Morgan fingerprint density at radius 1 is 1.29 bits per heavy atom. The molecule has 0 saturated heterocycles. The smallest absolute Gasteiger partial charge is 0.231 e. The van der Waals surface area contributed by atoms with Crippen molar-refractivity contribution in [3.8, 4) is 11.5 Å². The van der Waals surface area contributed by atoms with Gasteiger partial charge in [0.1, 0.15) is 0 Å². The van der Waals surface area contributed by atoms with Gasteiger partial charge in [-0.1, -0.05) is 6.07 Å². The number of benzene rings is 1. The number of hydrogen-bond acceptors (Lipinski definition) is 3. The van der Waals surface area contributed by atoms with Gasteiger partial charge in [-0.2, -0.15) is 0 Å². The van der Waals surface area contributed by atoms with Gasteiger partial charge in [0.15, 0.2) is 11.5 Å². The Kier molecular flexibility index (Phi) is 3.11. The van der Waals surface area contributed by atoms with Crippen molar-refractivity contribution in [3.05, 3.63) is 23.8 Å². The Morgan fingerprint density at radius 2 is 2.14 bits per heavy atom. The fourth-order valence-corrected chi connectivity index (χ4v) is 1.38. The summed E-state index contributed by atoms with van der Waals surface area (Å²) < 4.78 is 15.7. The van der Waals surface area contributed by atoms with E-state index in [2.05, 4.69) is 0 Å². The number of ether oxygens (including phenoxy) is 3. The van der Waals surface area contributed by atoms with Crippen LogP contribution >= 0.6 is 11.6 Å². The van der Waals surface area contributed by atoms with E-state index >= 15 is 0 Å². The fraction of sp³-hybridized carbons (Fsp3) is 0.400. The molecule has 0 unspecified atom stereocenters. The van der Waals surface area contributed by atoms with E-state index in [-0.39, 0.29) is 0 Å². The maximum Gasteiger partial charge on any atom is 0.231 e. The van der Waals surface area contributed by atoms with Crippen molar-refractivity contribution >= 4 is 11.6 Å². The third-order valence-electron chi connectivity index (χ3n) is 1.93. The second-order valence-electron chi connectivity index (χ2n) is 2.93. The Hall–Kier alpha value is -0.930. The lowest BCUT2D eigenvalue weighted by Crippen LogP contribution is -1.96. The number of hydrogen-bond donors (Lipinski definition) is 0. The summed E-state index contributed by atoms with van der Waals surface area (Å²) in [5, 5.41) is 0. The van der Waals surface area contributed by atoms with E-state index in [1.807, 2.05) is 18.2 Å². The summed E-state index contributed by atoms with van der Waals surface area (Å²) in [4.78, 5) is 0. The first-order valence-corrected chi connectivity index (χ1v) is 4.96. The molecule has 14 heavy (non-hydrogen) atoms. The molecule has 0 N–H and O–H groups in total. The van der Waals surface area contributed by atoms with Gasteiger partial charge in [-0.05, 0) is 17.7 Å². The lowest BCUT2D eigenvalue weighted by molar-refractivity contribution is 0.135. The molecular weight excluding hydrogens is 204 g/mol. The molecule has 4 heteroatoms. The summed E-state index contributed by atoms with van der Waals surface area (Å²) in [6.45, 7) is 1.43. The van der Waals surface area contributed by atoms with Crippen LogP contribution in [0.1, 0.15) is 5.56 Å². The zero-order valence-electron chi connectivity index (χ0n) is 7.66. The average Bonchev–Trinajstić information content (AvgIpc) is 2.65. The summed E-state index contributed by atoms with van der Waals surface area (Å²) >= 11 is 5.49. The van der Waals surface area contributed by atoms with Crippen LogP contribution in [-0.2, 0) is 11.3 Å². The molecule has 0 amide bonds. The molecule has 76 valence electrons. The highest BCUT2D eigenvalue weighted by Crippen LogP contribution is 2.32. The number of fused-ring (bicyclic) bond motifs is 1. The monoisotopic (exact) mass is 214 g/mol. The molecule has 0 saturated carbocycles. The van der Waals surface area contributed by atoms with Crippen molar-refractivity contribution in [1.29, 1.82) is 0 Å². The van der Waals surface area contributed by atoms with Crippen LogP contribution < -0.4 is 9.47 Å². The topological polar surface area (TPSA) is 27.7 Å². The van der Waals surface area contributed by atoms with Crippen LogP contribution in [0.5, 0.6) is 11.5 Å². The standard InChI is InChI=1S/C10H11ClO3/c11-3-4-12-6-8-1-2-9-10(5-8)14-7-13-9/h1-2,5H,3-4,6-7H2. The van der Waals surface area contributed by atoms with Gasteiger partial charge in [0.25, 0.3) is 0 Å². The van der Waals surface area contributed by atoms with E-state index in [1.165, 1.54) is 0 Å². The SMILES string of the molecule is ClCCOCc1ccc2c(c1)OCO2. The van der Waals surface area contributed by atoms with Crippen molar-refractivity contribution in [2.24, 2.45) is 0 Å². The van der Waals surface area contributed by atoms with Crippen LogP contribution in [0, 0.1) is 0 Å². The number of rotatable bonds is 4. The van der Waals surface area contributed by atoms with Crippen LogP contribution in [-0.4, -0.2) is 19.3 Å². The summed E-state index contributed by atoms with van der Waals surface area (Å²) in [5.41, 5.74) is 1.07. The fourth-order valence-electron chi connectivity index (χ4n) is 1.28. The van der Waals surface area contributed by atoms with Crippen molar-refractivity contribution in [2.75, 3.05) is 19.3 Å². The van der Waals surface area contributed by atoms with Crippen molar-refractivity contribution < 1.29 is 14.2 Å². The maximum atomic E-state index is 5.49. The summed E-state index contributed by atoms with van der Waals surface area (Å²) in [6.07, 6.45) is 0. The average molecular weight is 215 g/mol. The molecule has 0 fully saturated rings. The van der Waals surface area contributed by atoms with Crippen LogP contribution in [0.4, 0.5) is 0 Å². The van der Waals surface area contributed by atoms with Gasteiger partial charge in [-0.15, -0.1) is 11.6 Å². The molecule has 1 heterocycles. The van der Waals surface area contributed by atoms with Crippen LogP contribution in [0.25, 0.3) is 0 Å². The Morgan fingerprint density at radius 3 is 3.00 bits per heavy atom. The normalized spacial score (nSPS) is 13.2. The van der Waals surface area contributed by atoms with Crippen molar-refractivity contribution in [1.82, 2.24) is 0 Å². The minimum atomic E-state index is 0.307. The quantitative estimate of drug-likeness (QED) is 0.568. The molecule has 0 bridgehead atoms. The molecule has 0 spiro atoms. The molecule has 0 atom stereocenters. The minimum absolute atomic E-state index is 0.307. The molecule has 3 nitrogen and oxygen atoms in total. The van der Waals surface area contributed by atoms with E-state index in [0.717, 1.165) is 17.1 Å². The maximum absolute atomic E-state index is 5.49. The predicted octanol–water partition coefficient (Wildman–Crippen LogP) is 2.17. The van der Waals surface area contributed by atoms with Gasteiger partial charge in [-0.3, -0.25) is 0 Å². The summed E-state index contributed by atoms with van der Waals surface area (Å²) in [5.74, 6) is 2.10. The van der Waals surface area contributed by atoms with Crippen molar-refractivity contribution in [3.63, 3.8) is 0 Å². The summed E-state index contributed by atoms with van der Waals surface area (Å²) in [7, 11) is 0.